The average Bonchev–Trinajstić information content (AvgIpc) is 3.13. The van der Waals surface area contributed by atoms with Gasteiger partial charge in [-0.05, 0) is 75.9 Å². The molecule has 1 aliphatic heterocycles. The van der Waals surface area contributed by atoms with Crippen molar-refractivity contribution >= 4 is 0 Å². The van der Waals surface area contributed by atoms with Gasteiger partial charge in [-0.2, -0.15) is 0 Å². The second-order valence-electron chi connectivity index (χ2n) is 9.57. The first-order chi connectivity index (χ1) is 16.4. The average molecular weight is 464 g/mol. The van der Waals surface area contributed by atoms with Crippen LogP contribution in [0.1, 0.15) is 41.8 Å². The summed E-state index contributed by atoms with van der Waals surface area (Å²) in [6.07, 6.45) is 6.22. The van der Waals surface area contributed by atoms with Gasteiger partial charge in [-0.3, -0.25) is 4.90 Å². The Morgan fingerprint density at radius 1 is 1.00 bits per heavy atom. The summed E-state index contributed by atoms with van der Waals surface area (Å²) in [4.78, 5) is 6.66. The Morgan fingerprint density at radius 3 is 2.56 bits per heavy atom. The van der Waals surface area contributed by atoms with Crippen molar-refractivity contribution in [1.82, 2.24) is 14.5 Å². The molecule has 1 saturated heterocycles. The van der Waals surface area contributed by atoms with Gasteiger partial charge < -0.3 is 19.1 Å². The lowest BCUT2D eigenvalue weighted by atomic mass is 9.96. The number of likely N-dealkylation sites (tertiary alicyclic amines) is 1. The van der Waals surface area contributed by atoms with E-state index in [1.807, 2.05) is 37.5 Å². The van der Waals surface area contributed by atoms with Crippen molar-refractivity contribution < 1.29 is 14.6 Å². The summed E-state index contributed by atoms with van der Waals surface area (Å²) in [6, 6.07) is 14.5. The molecule has 0 radical (unpaired) electrons. The lowest BCUT2D eigenvalue weighted by Crippen LogP contribution is -2.37. The Hall–Kier alpha value is -2.83. The van der Waals surface area contributed by atoms with E-state index in [9.17, 15) is 5.11 Å². The van der Waals surface area contributed by atoms with E-state index in [-0.39, 0.29) is 0 Å². The summed E-state index contributed by atoms with van der Waals surface area (Å²) in [5, 5.41) is 11.2. The number of rotatable bonds is 9. The molecule has 1 aromatic heterocycles. The molecular formula is C28H37N3O3. The van der Waals surface area contributed by atoms with Crippen LogP contribution in [0.4, 0.5) is 0 Å². The number of nitrogens with zero attached hydrogens (tertiary/aromatic N) is 3. The number of hydrogen-bond acceptors (Lipinski definition) is 5. The van der Waals surface area contributed by atoms with Crippen LogP contribution in [0.2, 0.25) is 0 Å². The van der Waals surface area contributed by atoms with Crippen LogP contribution in [0.5, 0.6) is 11.5 Å². The molecule has 1 aliphatic rings. The zero-order chi connectivity index (χ0) is 24.0. The molecule has 4 rings (SSSR count). The van der Waals surface area contributed by atoms with Gasteiger partial charge in [-0.15, -0.1) is 0 Å². The van der Waals surface area contributed by atoms with E-state index in [2.05, 4.69) is 52.6 Å². The molecule has 182 valence electrons. The predicted molar refractivity (Wildman–Crippen MR) is 134 cm³/mol. The van der Waals surface area contributed by atoms with Gasteiger partial charge in [0.25, 0.3) is 0 Å². The van der Waals surface area contributed by atoms with Gasteiger partial charge in [0.15, 0.2) is 0 Å². The monoisotopic (exact) mass is 463 g/mol. The molecule has 0 aliphatic carbocycles. The fourth-order valence-electron chi connectivity index (χ4n) is 4.56. The van der Waals surface area contributed by atoms with Crippen LogP contribution in [0.15, 0.2) is 54.9 Å². The molecule has 0 bridgehead atoms. The van der Waals surface area contributed by atoms with Gasteiger partial charge in [0.2, 0.25) is 0 Å². The van der Waals surface area contributed by atoms with Crippen LogP contribution in [0.25, 0.3) is 0 Å². The molecule has 1 N–H and O–H groups in total. The minimum absolute atomic E-state index is 0.343. The highest BCUT2D eigenvalue weighted by atomic mass is 16.5. The SMILES string of the molecule is Cc1ccc(OC[C@]2(O)CCCN(Cc3ccc(OCCn4ccnc4C)cc3)CC2)c(C)c1. The number of benzene rings is 2. The fraction of sp³-hybridized carbons (Fsp3) is 0.464. The summed E-state index contributed by atoms with van der Waals surface area (Å²) < 4.78 is 14.0. The third kappa shape index (κ3) is 6.61. The molecule has 6 heteroatoms. The van der Waals surface area contributed by atoms with E-state index in [4.69, 9.17) is 9.47 Å². The maximum absolute atomic E-state index is 11.2. The second-order valence-corrected chi connectivity index (χ2v) is 9.57. The van der Waals surface area contributed by atoms with Crippen molar-refractivity contribution in [1.29, 1.82) is 0 Å². The topological polar surface area (TPSA) is 59.8 Å². The number of aryl methyl sites for hydroxylation is 3. The normalized spacial score (nSPS) is 19.1. The predicted octanol–water partition coefficient (Wildman–Crippen LogP) is 4.68. The van der Waals surface area contributed by atoms with E-state index in [1.54, 1.807) is 0 Å². The third-order valence-electron chi connectivity index (χ3n) is 6.69. The lowest BCUT2D eigenvalue weighted by Gasteiger charge is -2.27. The number of imidazole rings is 1. The first-order valence-corrected chi connectivity index (χ1v) is 12.2. The highest BCUT2D eigenvalue weighted by Crippen LogP contribution is 2.26. The molecule has 2 heterocycles. The minimum Gasteiger partial charge on any atom is -0.492 e. The Bertz CT molecular complexity index is 1060. The standard InChI is InChI=1S/C28H37N3O3/c1-22-5-10-27(23(2)19-22)34-21-28(32)11-4-14-30(15-12-28)20-25-6-8-26(9-7-25)33-18-17-31-16-13-29-24(31)3/h5-10,13,16,19,32H,4,11-12,14-15,17-18,20-21H2,1-3H3/t28-/m0/s1. The first kappa shape index (κ1) is 24.3. The van der Waals surface area contributed by atoms with Crippen LogP contribution in [-0.2, 0) is 13.1 Å². The van der Waals surface area contributed by atoms with Gasteiger partial charge in [0.05, 0.1) is 12.1 Å². The molecule has 2 aromatic carbocycles. The maximum atomic E-state index is 11.2. The van der Waals surface area contributed by atoms with E-state index in [0.29, 0.717) is 19.6 Å². The number of aromatic nitrogens is 2. The quantitative estimate of drug-likeness (QED) is 0.499. The Labute approximate surface area is 203 Å². The molecule has 34 heavy (non-hydrogen) atoms. The van der Waals surface area contributed by atoms with Crippen molar-refractivity contribution in [3.05, 3.63) is 77.4 Å². The van der Waals surface area contributed by atoms with Crippen molar-refractivity contribution in [2.75, 3.05) is 26.3 Å². The summed E-state index contributed by atoms with van der Waals surface area (Å²) in [6.45, 7) is 10.6. The first-order valence-electron chi connectivity index (χ1n) is 12.2. The summed E-state index contributed by atoms with van der Waals surface area (Å²) >= 11 is 0. The van der Waals surface area contributed by atoms with Crippen LogP contribution in [-0.4, -0.2) is 51.5 Å². The maximum Gasteiger partial charge on any atom is 0.122 e. The summed E-state index contributed by atoms with van der Waals surface area (Å²) in [5.74, 6) is 2.75. The van der Waals surface area contributed by atoms with E-state index < -0.39 is 5.60 Å². The molecule has 0 spiro atoms. The molecule has 6 nitrogen and oxygen atoms in total. The number of aliphatic hydroxyl groups is 1. The second kappa shape index (κ2) is 11.1. The minimum atomic E-state index is -0.780. The Morgan fingerprint density at radius 2 is 1.82 bits per heavy atom. The van der Waals surface area contributed by atoms with Gasteiger partial charge in [0.1, 0.15) is 30.5 Å². The van der Waals surface area contributed by atoms with Crippen LogP contribution in [0.3, 0.4) is 0 Å². The molecule has 0 amide bonds. The Kier molecular flexibility index (Phi) is 7.91. The largest absolute Gasteiger partial charge is 0.492 e. The van der Waals surface area contributed by atoms with Gasteiger partial charge in [-0.25, -0.2) is 4.98 Å². The highest BCUT2D eigenvalue weighted by molar-refractivity contribution is 5.35. The van der Waals surface area contributed by atoms with Crippen molar-refractivity contribution in [3.63, 3.8) is 0 Å². The molecular weight excluding hydrogens is 426 g/mol. The van der Waals surface area contributed by atoms with Crippen molar-refractivity contribution in [2.45, 2.75) is 58.7 Å². The molecule has 3 aromatic rings. The van der Waals surface area contributed by atoms with Crippen LogP contribution in [0, 0.1) is 20.8 Å². The molecule has 0 unspecified atom stereocenters. The van der Waals surface area contributed by atoms with Gasteiger partial charge >= 0.3 is 0 Å². The summed E-state index contributed by atoms with van der Waals surface area (Å²) in [7, 11) is 0. The van der Waals surface area contributed by atoms with Crippen LogP contribution >= 0.6 is 0 Å². The van der Waals surface area contributed by atoms with Crippen LogP contribution < -0.4 is 9.47 Å². The number of hydrogen-bond donors (Lipinski definition) is 1. The zero-order valence-corrected chi connectivity index (χ0v) is 20.7. The highest BCUT2D eigenvalue weighted by Gasteiger charge is 2.31. The molecule has 1 atom stereocenters. The molecule has 0 saturated carbocycles. The zero-order valence-electron chi connectivity index (χ0n) is 20.7. The van der Waals surface area contributed by atoms with Gasteiger partial charge in [0, 0.05) is 25.5 Å². The number of ether oxygens (including phenoxy) is 2. The van der Waals surface area contributed by atoms with E-state index >= 15 is 0 Å². The van der Waals surface area contributed by atoms with Crippen molar-refractivity contribution in [3.8, 4) is 11.5 Å². The third-order valence-corrected chi connectivity index (χ3v) is 6.69. The smallest absolute Gasteiger partial charge is 0.122 e. The van der Waals surface area contributed by atoms with E-state index in [1.165, 1.54) is 11.1 Å². The lowest BCUT2D eigenvalue weighted by molar-refractivity contribution is -0.0170. The van der Waals surface area contributed by atoms with Gasteiger partial charge in [-0.1, -0.05) is 29.8 Å². The van der Waals surface area contributed by atoms with Crippen molar-refractivity contribution in [2.24, 2.45) is 0 Å². The summed E-state index contributed by atoms with van der Waals surface area (Å²) in [5.41, 5.74) is 2.81. The Balaban J connectivity index is 1.23. The fourth-order valence-corrected chi connectivity index (χ4v) is 4.56. The van der Waals surface area contributed by atoms with E-state index in [0.717, 1.165) is 61.9 Å². The molecule has 1 fully saturated rings.